The normalized spacial score (nSPS) is 13.4. The molecule has 30 nitrogen and oxygen atoms in total. The first-order valence-corrected chi connectivity index (χ1v) is 22.6. The molecule has 34 heteroatoms. The fraction of sp³-hybridized carbons (Fsp3) is 0.606. The van der Waals surface area contributed by atoms with E-state index in [4.69, 9.17) is 58.7 Å². The van der Waals surface area contributed by atoms with Crippen molar-refractivity contribution >= 4 is 124 Å². The predicted molar refractivity (Wildman–Crippen MR) is 240 cm³/mol. The summed E-state index contributed by atoms with van der Waals surface area (Å²) in [5, 5.41) is 73.4. The summed E-state index contributed by atoms with van der Waals surface area (Å²) in [5.41, 5.74) is 20.9. The molecule has 0 spiro atoms. The first-order chi connectivity index (χ1) is 31.1. The lowest BCUT2D eigenvalue weighted by Crippen LogP contribution is -2.50. The number of rotatable bonds is 32. The number of carboxylic acids is 7. The van der Waals surface area contributed by atoms with Crippen molar-refractivity contribution in [1.82, 2.24) is 31.9 Å². The van der Waals surface area contributed by atoms with Crippen LogP contribution >= 0.6 is 46.8 Å². The first-order valence-electron chi connectivity index (χ1n) is 18.9. The van der Waals surface area contributed by atoms with E-state index in [0.29, 0.717) is 0 Å². The fourth-order valence-corrected chi connectivity index (χ4v) is 6.50. The lowest BCUT2D eigenvalue weighted by atomic mass is 10.1. The minimum Gasteiger partial charge on any atom is -0.480 e. The number of hydrogen-bond donors (Lipinski definition) is 19. The summed E-state index contributed by atoms with van der Waals surface area (Å²) in [7, 11) is 1.89. The molecule has 0 heterocycles. The number of carbonyl (C=O) groups is 13. The quantitative estimate of drug-likeness (QED) is 0.0169. The van der Waals surface area contributed by atoms with Crippen LogP contribution in [0.3, 0.4) is 0 Å². The van der Waals surface area contributed by atoms with Gasteiger partial charge in [0.2, 0.25) is 35.4 Å². The van der Waals surface area contributed by atoms with Crippen LogP contribution in [0, 0.1) is 0 Å². The second kappa shape index (κ2) is 37.4. The molecule has 382 valence electrons. The smallest absolute Gasteiger partial charge is 0.322 e. The van der Waals surface area contributed by atoms with Crippen molar-refractivity contribution in [2.45, 2.75) is 80.8 Å². The van der Waals surface area contributed by atoms with Crippen molar-refractivity contribution in [3.8, 4) is 0 Å². The predicted octanol–water partition coefficient (Wildman–Crippen LogP) is -6.75. The average molecular weight is 1040 g/mol. The van der Waals surface area contributed by atoms with Crippen molar-refractivity contribution in [2.75, 3.05) is 42.6 Å². The molecule has 0 saturated carbocycles. The third-order valence-corrected chi connectivity index (χ3v) is 10.6. The van der Waals surface area contributed by atoms with Gasteiger partial charge in [0.15, 0.2) is 0 Å². The van der Waals surface area contributed by atoms with Crippen molar-refractivity contribution in [3.05, 3.63) is 0 Å². The van der Waals surface area contributed by atoms with Gasteiger partial charge in [-0.25, -0.2) is 0 Å². The van der Waals surface area contributed by atoms with Gasteiger partial charge >= 0.3 is 41.8 Å². The van der Waals surface area contributed by atoms with Crippen LogP contribution in [0.15, 0.2) is 0 Å². The highest BCUT2D eigenvalue weighted by Crippen LogP contribution is 2.23. The van der Waals surface area contributed by atoms with Gasteiger partial charge in [0.1, 0.15) is 61.9 Å². The van der Waals surface area contributed by atoms with Gasteiger partial charge < -0.3 is 90.6 Å². The minimum absolute atomic E-state index is 0.0256. The Morgan fingerprint density at radius 3 is 0.866 bits per heavy atom. The van der Waals surface area contributed by atoms with Crippen LogP contribution in [0.4, 0.5) is 0 Å². The number of hydrogen-bond acceptors (Lipinski definition) is 21. The maximum atomic E-state index is 12.4. The molecule has 0 aliphatic rings. The lowest BCUT2D eigenvalue weighted by Gasteiger charge is -2.20. The summed E-state index contributed by atoms with van der Waals surface area (Å²) in [5.74, 6) is -13.3. The Labute approximate surface area is 399 Å². The molecule has 0 bridgehead atoms. The summed E-state index contributed by atoms with van der Waals surface area (Å²) in [6.45, 7) is -2.05. The van der Waals surface area contributed by atoms with E-state index in [1.165, 1.54) is 0 Å². The lowest BCUT2D eigenvalue weighted by molar-refractivity contribution is -0.140. The molecular formula is C33H56N10O20S4. The van der Waals surface area contributed by atoms with E-state index < -0.39 is 139 Å². The second-order valence-corrected chi connectivity index (χ2v) is 16.3. The van der Waals surface area contributed by atoms with Crippen LogP contribution in [0.1, 0.15) is 38.5 Å². The standard InChI is InChI=1S/C20H32N6O12S2.C10H17N3O6S.C3H7NO2S/c21-9(19(35)36)1-3-13(27)25-11(17(33)23-5-15(29)30)7-39-40-8-12(18(34)24-6-16(31)32)26-14(28)4-2-10(22)20(37)38;11-5(10(18)19)1-2-7(14)13-6(4-20)9(17)12-3-8(15)16;4-2(1-7)3(5)6/h9-12H,1-8,21-22H2,(H,23,33)(H,24,34)(H,25,27)(H,26,28)(H,29,30)(H,31,32)(H,35,36)(H,37,38);5-6,20H,1-4,11H2,(H,12,17)(H,13,14)(H,15,16)(H,18,19);2,7H,1,4H2,(H,5,6). The molecule has 0 rings (SSSR count). The molecular weight excluding hydrogens is 985 g/mol. The fourth-order valence-electron chi connectivity index (χ4n) is 3.76. The average Bonchev–Trinajstić information content (AvgIpc) is 3.25. The van der Waals surface area contributed by atoms with Crippen molar-refractivity contribution in [3.63, 3.8) is 0 Å². The van der Waals surface area contributed by atoms with Gasteiger partial charge in [0.05, 0.1) is 0 Å². The van der Waals surface area contributed by atoms with Crippen LogP contribution in [0.5, 0.6) is 0 Å². The summed E-state index contributed by atoms with van der Waals surface area (Å²) < 4.78 is 0. The molecule has 67 heavy (non-hydrogen) atoms. The van der Waals surface area contributed by atoms with Gasteiger partial charge in [-0.2, -0.15) is 25.3 Å². The molecule has 6 amide bonds. The Bertz CT molecular complexity index is 1640. The summed E-state index contributed by atoms with van der Waals surface area (Å²) in [6.07, 6.45) is -1.36. The van der Waals surface area contributed by atoms with Crippen molar-refractivity contribution in [2.24, 2.45) is 22.9 Å². The molecule has 21 N–H and O–H groups in total. The Hall–Kier alpha value is -5.65. The third-order valence-electron chi connectivity index (χ3n) is 7.44. The number of amides is 6. The molecule has 0 aromatic carbocycles. The molecule has 0 fully saturated rings. The summed E-state index contributed by atoms with van der Waals surface area (Å²) in [6, 6.07) is -8.12. The van der Waals surface area contributed by atoms with Crippen LogP contribution in [-0.4, -0.2) is 198 Å². The number of thiol groups is 2. The third kappa shape index (κ3) is 36.2. The summed E-state index contributed by atoms with van der Waals surface area (Å²) in [4.78, 5) is 146. The minimum atomic E-state index is -1.34. The van der Waals surface area contributed by atoms with E-state index in [9.17, 15) is 62.3 Å². The Morgan fingerprint density at radius 2 is 0.657 bits per heavy atom. The molecule has 0 radical (unpaired) electrons. The van der Waals surface area contributed by atoms with E-state index in [2.05, 4.69) is 57.2 Å². The van der Waals surface area contributed by atoms with Gasteiger partial charge in [-0.3, -0.25) is 62.3 Å². The van der Waals surface area contributed by atoms with Crippen molar-refractivity contribution < 1.29 is 98.1 Å². The Morgan fingerprint density at radius 1 is 0.403 bits per heavy atom. The van der Waals surface area contributed by atoms with E-state index >= 15 is 0 Å². The largest absolute Gasteiger partial charge is 0.480 e. The highest BCUT2D eigenvalue weighted by molar-refractivity contribution is 8.76. The van der Waals surface area contributed by atoms with Gasteiger partial charge in [-0.15, -0.1) is 0 Å². The molecule has 0 aromatic rings. The molecule has 0 aliphatic carbocycles. The second-order valence-electron chi connectivity index (χ2n) is 13.0. The number of carbonyl (C=O) groups excluding carboxylic acids is 6. The van der Waals surface area contributed by atoms with Gasteiger partial charge in [0.25, 0.3) is 0 Å². The molecule has 0 saturated heterocycles. The number of nitrogens with two attached hydrogens (primary N) is 4. The molecule has 7 atom stereocenters. The van der Waals surface area contributed by atoms with Crippen LogP contribution in [-0.2, 0) is 62.3 Å². The topological polar surface area (TPSA) is 540 Å². The van der Waals surface area contributed by atoms with Crippen LogP contribution in [0.25, 0.3) is 0 Å². The zero-order chi connectivity index (χ0) is 52.4. The van der Waals surface area contributed by atoms with E-state index in [1.807, 2.05) is 0 Å². The number of aliphatic carboxylic acids is 7. The van der Waals surface area contributed by atoms with Crippen molar-refractivity contribution in [1.29, 1.82) is 0 Å². The van der Waals surface area contributed by atoms with E-state index in [0.717, 1.165) is 21.6 Å². The number of carboxylic acid groups (broad SMARTS) is 7. The zero-order valence-electron chi connectivity index (χ0n) is 35.2. The maximum Gasteiger partial charge on any atom is 0.322 e. The number of nitrogens with one attached hydrogen (secondary N) is 6. The van der Waals surface area contributed by atoms with Gasteiger partial charge in [-0.1, -0.05) is 21.6 Å². The summed E-state index contributed by atoms with van der Waals surface area (Å²) >= 11 is 7.52. The molecule has 0 aliphatic heterocycles. The highest BCUT2D eigenvalue weighted by Gasteiger charge is 2.26. The molecule has 7 unspecified atom stereocenters. The first kappa shape index (κ1) is 65.6. The Kier molecular flexibility index (Phi) is 36.7. The zero-order valence-corrected chi connectivity index (χ0v) is 38.6. The van der Waals surface area contributed by atoms with Gasteiger partial charge in [-0.05, 0) is 19.3 Å². The van der Waals surface area contributed by atoms with Crippen LogP contribution in [0.2, 0.25) is 0 Å². The Balaban J connectivity index is -0.00000125. The maximum absolute atomic E-state index is 12.4. The highest BCUT2D eigenvalue weighted by atomic mass is 33.1. The van der Waals surface area contributed by atoms with E-state index in [1.54, 1.807) is 0 Å². The molecule has 0 aromatic heterocycles. The SMILES string of the molecule is NC(CCC(=O)NC(CS)C(=O)NCC(=O)O)C(=O)O.NC(CCC(=O)NC(CSSCC(NC(=O)CCC(N)C(=O)O)C(=O)NCC(=O)O)C(=O)NCC(=O)O)C(=O)O.NC(CS)C(=O)O. The monoisotopic (exact) mass is 1040 g/mol. The van der Waals surface area contributed by atoms with E-state index in [-0.39, 0.29) is 61.5 Å². The van der Waals surface area contributed by atoms with Crippen LogP contribution < -0.4 is 54.8 Å². The van der Waals surface area contributed by atoms with Gasteiger partial charge in [0, 0.05) is 42.3 Å².